The van der Waals surface area contributed by atoms with Gasteiger partial charge in [0.15, 0.2) is 11.5 Å². The SMILES string of the molecule is O=C(Nc1nnc(-c2ccc3c(c2)OCO3)s1)C1CCCN1C(=O)Nc1ccc(C(F)(F)F)cc1. The van der Waals surface area contributed by atoms with Crippen molar-refractivity contribution in [2.24, 2.45) is 0 Å². The molecular weight excluding hydrogens is 487 g/mol. The molecular formula is C22H18F3N5O4S. The Morgan fingerprint density at radius 3 is 2.57 bits per heavy atom. The second-order valence-corrected chi connectivity index (χ2v) is 8.80. The van der Waals surface area contributed by atoms with Crippen molar-refractivity contribution >= 4 is 34.1 Å². The lowest BCUT2D eigenvalue weighted by Crippen LogP contribution is -2.45. The Bertz CT molecular complexity index is 1260. The lowest BCUT2D eigenvalue weighted by atomic mass is 10.2. The zero-order chi connectivity index (χ0) is 24.6. The van der Waals surface area contributed by atoms with E-state index in [4.69, 9.17) is 9.47 Å². The van der Waals surface area contributed by atoms with Gasteiger partial charge in [0, 0.05) is 17.8 Å². The molecule has 2 aromatic carbocycles. The molecule has 0 bridgehead atoms. The Kier molecular flexibility index (Phi) is 5.93. The lowest BCUT2D eigenvalue weighted by molar-refractivity contribution is -0.137. The number of alkyl halides is 3. The summed E-state index contributed by atoms with van der Waals surface area (Å²) in [6, 6.07) is 8.15. The molecule has 1 fully saturated rings. The molecule has 0 aliphatic carbocycles. The number of hydrogen-bond donors (Lipinski definition) is 2. The summed E-state index contributed by atoms with van der Waals surface area (Å²) in [6.07, 6.45) is -3.41. The third-order valence-corrected chi connectivity index (χ3v) is 6.44. The second kappa shape index (κ2) is 9.06. The van der Waals surface area contributed by atoms with Gasteiger partial charge in [0.2, 0.25) is 17.8 Å². The van der Waals surface area contributed by atoms with Gasteiger partial charge in [-0.1, -0.05) is 11.3 Å². The van der Waals surface area contributed by atoms with E-state index in [1.165, 1.54) is 28.4 Å². The first-order chi connectivity index (χ1) is 16.8. The van der Waals surface area contributed by atoms with Gasteiger partial charge in [-0.05, 0) is 55.3 Å². The van der Waals surface area contributed by atoms with Gasteiger partial charge in [-0.15, -0.1) is 10.2 Å². The van der Waals surface area contributed by atoms with Crippen LogP contribution >= 0.6 is 11.3 Å². The van der Waals surface area contributed by atoms with Crippen LogP contribution in [0.25, 0.3) is 10.6 Å². The number of aromatic nitrogens is 2. The predicted octanol–water partition coefficient (Wildman–Crippen LogP) is 4.59. The number of amides is 3. The van der Waals surface area contributed by atoms with Crippen molar-refractivity contribution < 1.29 is 32.2 Å². The van der Waals surface area contributed by atoms with Gasteiger partial charge in [-0.3, -0.25) is 10.1 Å². The number of nitrogens with one attached hydrogen (secondary N) is 2. The Balaban J connectivity index is 1.22. The Morgan fingerprint density at radius 2 is 1.80 bits per heavy atom. The monoisotopic (exact) mass is 505 g/mol. The second-order valence-electron chi connectivity index (χ2n) is 7.83. The number of fused-ring (bicyclic) bond motifs is 1. The highest BCUT2D eigenvalue weighted by Crippen LogP contribution is 2.37. The van der Waals surface area contributed by atoms with E-state index in [2.05, 4.69) is 20.8 Å². The van der Waals surface area contributed by atoms with Crippen molar-refractivity contribution in [3.8, 4) is 22.1 Å². The molecule has 3 heterocycles. The van der Waals surface area contributed by atoms with Crippen LogP contribution in [-0.2, 0) is 11.0 Å². The molecule has 182 valence electrons. The van der Waals surface area contributed by atoms with Gasteiger partial charge in [0.25, 0.3) is 0 Å². The fraction of sp³-hybridized carbons (Fsp3) is 0.273. The summed E-state index contributed by atoms with van der Waals surface area (Å²) in [5, 5.41) is 14.2. The largest absolute Gasteiger partial charge is 0.454 e. The van der Waals surface area contributed by atoms with E-state index in [9.17, 15) is 22.8 Å². The molecule has 0 radical (unpaired) electrons. The number of likely N-dealkylation sites (tertiary alicyclic amines) is 1. The minimum atomic E-state index is -4.46. The minimum Gasteiger partial charge on any atom is -0.454 e. The lowest BCUT2D eigenvalue weighted by Gasteiger charge is -2.23. The van der Waals surface area contributed by atoms with Crippen LogP contribution in [0.3, 0.4) is 0 Å². The maximum Gasteiger partial charge on any atom is 0.416 e. The first-order valence-electron chi connectivity index (χ1n) is 10.6. The van der Waals surface area contributed by atoms with Crippen LogP contribution in [0.2, 0.25) is 0 Å². The number of carbonyl (C=O) groups is 2. The van der Waals surface area contributed by atoms with Crippen molar-refractivity contribution in [3.63, 3.8) is 0 Å². The molecule has 3 amide bonds. The van der Waals surface area contributed by atoms with E-state index in [0.717, 1.165) is 17.7 Å². The molecule has 1 unspecified atom stereocenters. The minimum absolute atomic E-state index is 0.153. The molecule has 0 spiro atoms. The first-order valence-corrected chi connectivity index (χ1v) is 11.4. The highest BCUT2D eigenvalue weighted by molar-refractivity contribution is 7.18. The highest BCUT2D eigenvalue weighted by atomic mass is 32.1. The van der Waals surface area contributed by atoms with Crippen molar-refractivity contribution in [3.05, 3.63) is 48.0 Å². The average Bonchev–Trinajstić information content (AvgIpc) is 3.58. The molecule has 1 aromatic heterocycles. The van der Waals surface area contributed by atoms with Gasteiger partial charge in [0.1, 0.15) is 11.0 Å². The van der Waals surface area contributed by atoms with Crippen molar-refractivity contribution in [1.82, 2.24) is 15.1 Å². The zero-order valence-electron chi connectivity index (χ0n) is 18.0. The number of ether oxygens (including phenoxy) is 2. The van der Waals surface area contributed by atoms with E-state index < -0.39 is 29.7 Å². The predicted molar refractivity (Wildman–Crippen MR) is 120 cm³/mol. The summed E-state index contributed by atoms with van der Waals surface area (Å²) in [4.78, 5) is 26.9. The summed E-state index contributed by atoms with van der Waals surface area (Å²) in [7, 11) is 0. The topological polar surface area (TPSA) is 106 Å². The molecule has 1 saturated heterocycles. The Labute approximate surface area is 200 Å². The number of nitrogens with zero attached hydrogens (tertiary/aromatic N) is 3. The van der Waals surface area contributed by atoms with Crippen LogP contribution in [0.5, 0.6) is 11.5 Å². The molecule has 1 atom stereocenters. The van der Waals surface area contributed by atoms with Crippen LogP contribution in [-0.4, -0.2) is 46.4 Å². The summed E-state index contributed by atoms with van der Waals surface area (Å²) in [5.74, 6) is 0.824. The van der Waals surface area contributed by atoms with Gasteiger partial charge < -0.3 is 19.7 Å². The fourth-order valence-electron chi connectivity index (χ4n) is 3.83. The average molecular weight is 505 g/mol. The molecule has 0 saturated carbocycles. The van der Waals surface area contributed by atoms with E-state index in [1.54, 1.807) is 12.1 Å². The van der Waals surface area contributed by atoms with Gasteiger partial charge >= 0.3 is 12.2 Å². The summed E-state index contributed by atoms with van der Waals surface area (Å²) in [6.45, 7) is 0.490. The van der Waals surface area contributed by atoms with Gasteiger partial charge in [0.05, 0.1) is 5.56 Å². The molecule has 13 heteroatoms. The fourth-order valence-corrected chi connectivity index (χ4v) is 4.57. The van der Waals surface area contributed by atoms with E-state index in [-0.39, 0.29) is 17.6 Å². The zero-order valence-corrected chi connectivity index (χ0v) is 18.8. The van der Waals surface area contributed by atoms with Crippen LogP contribution in [0, 0.1) is 0 Å². The quantitative estimate of drug-likeness (QED) is 0.538. The molecule has 2 aliphatic rings. The number of carbonyl (C=O) groups excluding carboxylic acids is 2. The molecule has 2 aliphatic heterocycles. The van der Waals surface area contributed by atoms with Crippen molar-refractivity contribution in [2.45, 2.75) is 25.1 Å². The third kappa shape index (κ3) is 4.85. The molecule has 3 aromatic rings. The summed E-state index contributed by atoms with van der Waals surface area (Å²) in [5.41, 5.74) is 0.142. The summed E-state index contributed by atoms with van der Waals surface area (Å²) >= 11 is 1.17. The number of urea groups is 1. The van der Waals surface area contributed by atoms with Crippen molar-refractivity contribution in [2.75, 3.05) is 24.0 Å². The van der Waals surface area contributed by atoms with Crippen LogP contribution in [0.1, 0.15) is 18.4 Å². The van der Waals surface area contributed by atoms with E-state index in [0.29, 0.717) is 35.9 Å². The number of halogens is 3. The maximum absolute atomic E-state index is 12.9. The summed E-state index contributed by atoms with van der Waals surface area (Å²) < 4.78 is 48.9. The number of benzene rings is 2. The smallest absolute Gasteiger partial charge is 0.416 e. The normalized spacial score (nSPS) is 16.9. The van der Waals surface area contributed by atoms with E-state index >= 15 is 0 Å². The van der Waals surface area contributed by atoms with Crippen LogP contribution < -0.4 is 20.1 Å². The molecule has 5 rings (SSSR count). The van der Waals surface area contributed by atoms with Gasteiger partial charge in [-0.2, -0.15) is 13.2 Å². The maximum atomic E-state index is 12.9. The number of hydrogen-bond acceptors (Lipinski definition) is 7. The molecule has 2 N–H and O–H groups in total. The van der Waals surface area contributed by atoms with Crippen LogP contribution in [0.4, 0.5) is 28.8 Å². The Hall–Kier alpha value is -3.87. The first kappa shape index (κ1) is 22.9. The van der Waals surface area contributed by atoms with Gasteiger partial charge in [-0.25, -0.2) is 4.79 Å². The van der Waals surface area contributed by atoms with Crippen molar-refractivity contribution in [1.29, 1.82) is 0 Å². The molecule has 9 nitrogen and oxygen atoms in total. The van der Waals surface area contributed by atoms with Crippen LogP contribution in [0.15, 0.2) is 42.5 Å². The van der Waals surface area contributed by atoms with E-state index in [1.807, 2.05) is 6.07 Å². The standard InChI is InChI=1S/C22H18F3N5O4S/c23-22(24,25)13-4-6-14(7-5-13)26-21(32)30-9-1-2-15(30)18(31)27-20-29-28-19(35-20)12-3-8-16-17(10-12)34-11-33-16/h3-8,10,15H,1-2,9,11H2,(H,26,32)(H,27,29,31). The number of anilines is 2. The Morgan fingerprint density at radius 1 is 1.03 bits per heavy atom. The third-order valence-electron chi connectivity index (χ3n) is 5.55. The highest BCUT2D eigenvalue weighted by Gasteiger charge is 2.35. The molecule has 35 heavy (non-hydrogen) atoms. The number of rotatable bonds is 4.